The summed E-state index contributed by atoms with van der Waals surface area (Å²) in [6.07, 6.45) is -3.03. The Bertz CT molecular complexity index is 566. The lowest BCUT2D eigenvalue weighted by atomic mass is 10.4. The van der Waals surface area contributed by atoms with Gasteiger partial charge >= 0.3 is 6.18 Å². The lowest BCUT2D eigenvalue weighted by Gasteiger charge is -2.03. The SMILES string of the molecule is CNc1nc(Cl)nc(-n2cc(C(F)(F)F)cn2)n1. The molecule has 2 aromatic rings. The van der Waals surface area contributed by atoms with Crippen LogP contribution in [-0.2, 0) is 6.18 Å². The summed E-state index contributed by atoms with van der Waals surface area (Å²) >= 11 is 5.61. The summed E-state index contributed by atoms with van der Waals surface area (Å²) in [5.74, 6) is 0.0314. The molecule has 0 aromatic carbocycles. The molecule has 0 bridgehead atoms. The Morgan fingerprint density at radius 2 is 2.00 bits per heavy atom. The molecule has 0 aliphatic rings. The van der Waals surface area contributed by atoms with Crippen molar-refractivity contribution < 1.29 is 13.2 Å². The van der Waals surface area contributed by atoms with Crippen molar-refractivity contribution in [2.24, 2.45) is 0 Å². The maximum absolute atomic E-state index is 12.4. The molecule has 0 aliphatic carbocycles. The molecule has 0 atom stereocenters. The largest absolute Gasteiger partial charge is 0.419 e. The number of rotatable bonds is 2. The van der Waals surface area contributed by atoms with Gasteiger partial charge in [-0.15, -0.1) is 0 Å². The smallest absolute Gasteiger partial charge is 0.357 e. The molecule has 2 rings (SSSR count). The second-order valence-corrected chi connectivity index (χ2v) is 3.49. The highest BCUT2D eigenvalue weighted by Gasteiger charge is 2.32. The van der Waals surface area contributed by atoms with Crippen LogP contribution < -0.4 is 5.32 Å². The second kappa shape index (κ2) is 4.41. The van der Waals surface area contributed by atoms with Crippen molar-refractivity contribution in [1.82, 2.24) is 24.7 Å². The van der Waals surface area contributed by atoms with Crippen LogP contribution in [0.4, 0.5) is 19.1 Å². The summed E-state index contributed by atoms with van der Waals surface area (Å²) in [5, 5.41) is 5.99. The first kappa shape index (κ1) is 12.6. The molecule has 2 aromatic heterocycles. The number of hydrogen-bond acceptors (Lipinski definition) is 5. The van der Waals surface area contributed by atoms with Gasteiger partial charge in [0.15, 0.2) is 0 Å². The first-order valence-electron chi connectivity index (χ1n) is 4.61. The number of halogens is 4. The van der Waals surface area contributed by atoms with E-state index >= 15 is 0 Å². The Balaban J connectivity index is 2.43. The molecule has 96 valence electrons. The molecular weight excluding hydrogens is 273 g/mol. The minimum atomic E-state index is -4.47. The van der Waals surface area contributed by atoms with Crippen LogP contribution in [0.1, 0.15) is 5.56 Å². The third-order valence-corrected chi connectivity index (χ3v) is 2.10. The predicted octanol–water partition coefficient (Wildman–Crippen LogP) is 1.77. The Hall–Kier alpha value is -1.90. The van der Waals surface area contributed by atoms with Crippen molar-refractivity contribution in [2.45, 2.75) is 6.18 Å². The van der Waals surface area contributed by atoms with Crippen LogP contribution in [0.3, 0.4) is 0 Å². The van der Waals surface area contributed by atoms with Crippen molar-refractivity contribution in [3.05, 3.63) is 23.2 Å². The summed E-state index contributed by atoms with van der Waals surface area (Å²) < 4.78 is 38.1. The Morgan fingerprint density at radius 3 is 2.56 bits per heavy atom. The van der Waals surface area contributed by atoms with Crippen LogP contribution in [0.15, 0.2) is 12.4 Å². The van der Waals surface area contributed by atoms with Gasteiger partial charge in [0.1, 0.15) is 0 Å². The first-order chi connectivity index (χ1) is 8.40. The van der Waals surface area contributed by atoms with Gasteiger partial charge < -0.3 is 5.32 Å². The van der Waals surface area contributed by atoms with E-state index in [1.165, 1.54) is 0 Å². The fourth-order valence-electron chi connectivity index (χ4n) is 1.13. The highest BCUT2D eigenvalue weighted by molar-refractivity contribution is 6.28. The normalized spacial score (nSPS) is 11.6. The summed E-state index contributed by atoms with van der Waals surface area (Å²) in [6.45, 7) is 0. The van der Waals surface area contributed by atoms with Crippen LogP contribution in [0.2, 0.25) is 5.28 Å². The Kier molecular flexibility index (Phi) is 3.07. The van der Waals surface area contributed by atoms with Gasteiger partial charge in [-0.25, -0.2) is 4.68 Å². The Labute approximate surface area is 104 Å². The van der Waals surface area contributed by atoms with Crippen molar-refractivity contribution in [2.75, 3.05) is 12.4 Å². The van der Waals surface area contributed by atoms with E-state index in [0.717, 1.165) is 10.9 Å². The highest BCUT2D eigenvalue weighted by Crippen LogP contribution is 2.28. The van der Waals surface area contributed by atoms with Crippen LogP contribution in [0.5, 0.6) is 0 Å². The molecule has 1 N–H and O–H groups in total. The molecule has 0 unspecified atom stereocenters. The number of aromatic nitrogens is 5. The highest BCUT2D eigenvalue weighted by atomic mass is 35.5. The molecule has 0 saturated heterocycles. The van der Waals surface area contributed by atoms with Crippen molar-refractivity contribution in [3.8, 4) is 5.95 Å². The average Bonchev–Trinajstić information content (AvgIpc) is 2.77. The molecule has 6 nitrogen and oxygen atoms in total. The van der Waals surface area contributed by atoms with Crippen molar-refractivity contribution >= 4 is 17.5 Å². The fourth-order valence-corrected chi connectivity index (χ4v) is 1.29. The molecule has 0 amide bonds. The van der Waals surface area contributed by atoms with Gasteiger partial charge in [0.2, 0.25) is 11.2 Å². The van der Waals surface area contributed by atoms with Gasteiger partial charge in [-0.2, -0.15) is 33.2 Å². The molecule has 0 radical (unpaired) electrons. The molecule has 0 fully saturated rings. The zero-order chi connectivity index (χ0) is 13.3. The lowest BCUT2D eigenvalue weighted by Crippen LogP contribution is -2.07. The number of nitrogens with zero attached hydrogens (tertiary/aromatic N) is 5. The minimum Gasteiger partial charge on any atom is -0.357 e. The van der Waals surface area contributed by atoms with Gasteiger partial charge in [0.25, 0.3) is 5.95 Å². The van der Waals surface area contributed by atoms with E-state index in [-0.39, 0.29) is 17.2 Å². The van der Waals surface area contributed by atoms with Crippen LogP contribution in [0, 0.1) is 0 Å². The van der Waals surface area contributed by atoms with Gasteiger partial charge in [-0.05, 0) is 11.6 Å². The molecular formula is C8H6ClF3N6. The summed E-state index contributed by atoms with van der Waals surface area (Å²) in [6, 6.07) is 0. The first-order valence-corrected chi connectivity index (χ1v) is 4.99. The molecule has 2 heterocycles. The van der Waals surface area contributed by atoms with E-state index in [2.05, 4.69) is 25.4 Å². The Morgan fingerprint density at radius 1 is 1.28 bits per heavy atom. The van der Waals surface area contributed by atoms with E-state index in [1.54, 1.807) is 7.05 Å². The molecule has 0 aliphatic heterocycles. The van der Waals surface area contributed by atoms with Gasteiger partial charge in [0, 0.05) is 13.2 Å². The van der Waals surface area contributed by atoms with Gasteiger partial charge in [-0.1, -0.05) is 0 Å². The second-order valence-electron chi connectivity index (χ2n) is 3.15. The monoisotopic (exact) mass is 278 g/mol. The number of alkyl halides is 3. The lowest BCUT2D eigenvalue weighted by molar-refractivity contribution is -0.137. The van der Waals surface area contributed by atoms with Crippen molar-refractivity contribution in [3.63, 3.8) is 0 Å². The summed E-state index contributed by atoms with van der Waals surface area (Å²) in [4.78, 5) is 11.2. The third-order valence-electron chi connectivity index (χ3n) is 1.93. The molecule has 10 heteroatoms. The van der Waals surface area contributed by atoms with E-state index in [9.17, 15) is 13.2 Å². The average molecular weight is 279 g/mol. The van der Waals surface area contributed by atoms with Crippen molar-refractivity contribution in [1.29, 1.82) is 0 Å². The van der Waals surface area contributed by atoms with E-state index < -0.39 is 11.7 Å². The van der Waals surface area contributed by atoms with E-state index in [1.807, 2.05) is 0 Å². The van der Waals surface area contributed by atoms with Crippen LogP contribution >= 0.6 is 11.6 Å². The number of nitrogens with one attached hydrogen (secondary N) is 1. The van der Waals surface area contributed by atoms with E-state index in [0.29, 0.717) is 6.20 Å². The molecule has 0 spiro atoms. The quantitative estimate of drug-likeness (QED) is 0.907. The third kappa shape index (κ3) is 2.50. The van der Waals surface area contributed by atoms with Crippen LogP contribution in [0.25, 0.3) is 5.95 Å². The maximum atomic E-state index is 12.4. The number of hydrogen-bond donors (Lipinski definition) is 1. The molecule has 0 saturated carbocycles. The van der Waals surface area contributed by atoms with Crippen LogP contribution in [-0.4, -0.2) is 31.8 Å². The fraction of sp³-hybridized carbons (Fsp3) is 0.250. The minimum absolute atomic E-state index is 0.102. The van der Waals surface area contributed by atoms with Gasteiger partial charge in [0.05, 0.1) is 11.8 Å². The molecule has 18 heavy (non-hydrogen) atoms. The van der Waals surface area contributed by atoms with E-state index in [4.69, 9.17) is 11.6 Å². The summed E-state index contributed by atoms with van der Waals surface area (Å²) in [7, 11) is 1.54. The maximum Gasteiger partial charge on any atom is 0.419 e. The topological polar surface area (TPSA) is 68.5 Å². The predicted molar refractivity (Wildman–Crippen MR) is 56.5 cm³/mol. The zero-order valence-electron chi connectivity index (χ0n) is 8.90. The zero-order valence-corrected chi connectivity index (χ0v) is 9.66. The summed E-state index contributed by atoms with van der Waals surface area (Å²) in [5.41, 5.74) is -0.898. The number of anilines is 1. The van der Waals surface area contributed by atoms with Gasteiger partial charge in [-0.3, -0.25) is 0 Å². The standard InChI is InChI=1S/C8H6ClF3N6/c1-13-6-15-5(9)16-7(17-6)18-3-4(2-14-18)8(10,11)12/h2-3H,1H3,(H,13,15,16,17).